The summed E-state index contributed by atoms with van der Waals surface area (Å²) in [6, 6.07) is 7.82. The van der Waals surface area contributed by atoms with Gasteiger partial charge < -0.3 is 15.1 Å². The van der Waals surface area contributed by atoms with E-state index in [1.165, 1.54) is 0 Å². The molecule has 0 saturated carbocycles. The van der Waals surface area contributed by atoms with E-state index in [0.717, 1.165) is 61.8 Å². The Kier molecular flexibility index (Phi) is 7.21. The number of aliphatic imine (C=N–C) groups is 1. The van der Waals surface area contributed by atoms with Gasteiger partial charge in [0.2, 0.25) is 0 Å². The minimum atomic E-state index is 0.0262. The molecule has 0 bridgehead atoms. The quantitative estimate of drug-likeness (QED) is 0.574. The van der Waals surface area contributed by atoms with Crippen molar-refractivity contribution in [3.8, 4) is 0 Å². The van der Waals surface area contributed by atoms with E-state index in [1.807, 2.05) is 18.2 Å². The SMILES string of the molecule is CCNC(=NCCc1cccc(C(=O)N(C)C)c1)N1CCC(c2ncn[nH]2)CC1. The fraction of sp³-hybridized carbons (Fsp3) is 0.524. The lowest BCUT2D eigenvalue weighted by Gasteiger charge is -2.33. The third kappa shape index (κ3) is 5.56. The lowest BCUT2D eigenvalue weighted by molar-refractivity contribution is 0.0827. The fourth-order valence-electron chi connectivity index (χ4n) is 3.61. The van der Waals surface area contributed by atoms with E-state index in [-0.39, 0.29) is 5.91 Å². The van der Waals surface area contributed by atoms with Crippen LogP contribution in [0.1, 0.15) is 47.4 Å². The van der Waals surface area contributed by atoms with Crippen molar-refractivity contribution in [2.24, 2.45) is 4.99 Å². The standard InChI is InChI=1S/C21H31N7O/c1-4-22-21(28-12-9-17(10-13-28)19-24-15-25-26-19)23-11-8-16-6-5-7-18(14-16)20(29)27(2)3/h5-7,14-15,17H,4,8-13H2,1-3H3,(H,22,23)(H,24,25,26). The third-order valence-corrected chi connectivity index (χ3v) is 5.19. The lowest BCUT2D eigenvalue weighted by Crippen LogP contribution is -2.45. The van der Waals surface area contributed by atoms with E-state index in [0.29, 0.717) is 12.5 Å². The summed E-state index contributed by atoms with van der Waals surface area (Å²) in [6.07, 6.45) is 4.45. The number of hydrogen-bond donors (Lipinski definition) is 2. The molecule has 0 atom stereocenters. The van der Waals surface area contributed by atoms with Crippen LogP contribution < -0.4 is 5.32 Å². The Labute approximate surface area is 172 Å². The summed E-state index contributed by atoms with van der Waals surface area (Å²) >= 11 is 0. The van der Waals surface area contributed by atoms with Crippen LogP contribution in [0.5, 0.6) is 0 Å². The molecule has 2 aromatic rings. The van der Waals surface area contributed by atoms with Crippen LogP contribution in [0, 0.1) is 0 Å². The van der Waals surface area contributed by atoms with E-state index in [9.17, 15) is 4.79 Å². The van der Waals surface area contributed by atoms with Gasteiger partial charge in [0.25, 0.3) is 5.91 Å². The maximum atomic E-state index is 12.2. The van der Waals surface area contributed by atoms with Crippen LogP contribution >= 0.6 is 0 Å². The van der Waals surface area contributed by atoms with Gasteiger partial charge in [-0.2, -0.15) is 5.10 Å². The molecule has 29 heavy (non-hydrogen) atoms. The highest BCUT2D eigenvalue weighted by Gasteiger charge is 2.24. The van der Waals surface area contributed by atoms with Crippen molar-refractivity contribution in [3.05, 3.63) is 47.5 Å². The number of aromatic amines is 1. The molecule has 1 aliphatic rings. The predicted molar refractivity (Wildman–Crippen MR) is 114 cm³/mol. The molecule has 1 aromatic carbocycles. The molecule has 0 aliphatic carbocycles. The van der Waals surface area contributed by atoms with Crippen molar-refractivity contribution in [1.29, 1.82) is 0 Å². The van der Waals surface area contributed by atoms with Crippen LogP contribution in [-0.4, -0.2) is 77.1 Å². The zero-order valence-electron chi connectivity index (χ0n) is 17.6. The molecule has 8 nitrogen and oxygen atoms in total. The largest absolute Gasteiger partial charge is 0.357 e. The Morgan fingerprint density at radius 2 is 2.14 bits per heavy atom. The van der Waals surface area contributed by atoms with Crippen LogP contribution in [0.15, 0.2) is 35.6 Å². The topological polar surface area (TPSA) is 89.5 Å². The Bertz CT molecular complexity index is 808. The number of carbonyl (C=O) groups is 1. The monoisotopic (exact) mass is 397 g/mol. The summed E-state index contributed by atoms with van der Waals surface area (Å²) in [5, 5.41) is 10.4. The summed E-state index contributed by atoms with van der Waals surface area (Å²) in [6.45, 7) is 5.51. The Balaban J connectivity index is 1.57. The molecule has 0 unspecified atom stereocenters. The van der Waals surface area contributed by atoms with E-state index in [2.05, 4.69) is 38.4 Å². The number of carbonyl (C=O) groups excluding carboxylic acids is 1. The van der Waals surface area contributed by atoms with Crippen LogP contribution in [0.25, 0.3) is 0 Å². The van der Waals surface area contributed by atoms with Gasteiger partial charge in [0.05, 0.1) is 0 Å². The average Bonchev–Trinajstić information content (AvgIpc) is 3.28. The molecule has 1 fully saturated rings. The Hall–Kier alpha value is -2.90. The molecule has 1 saturated heterocycles. The maximum Gasteiger partial charge on any atom is 0.253 e. The predicted octanol–water partition coefficient (Wildman–Crippen LogP) is 1.89. The number of rotatable bonds is 6. The number of aromatic nitrogens is 3. The van der Waals surface area contributed by atoms with E-state index >= 15 is 0 Å². The number of likely N-dealkylation sites (tertiary alicyclic amines) is 1. The highest BCUT2D eigenvalue weighted by Crippen LogP contribution is 2.24. The summed E-state index contributed by atoms with van der Waals surface area (Å²) in [7, 11) is 3.54. The molecule has 156 valence electrons. The first-order chi connectivity index (χ1) is 14.1. The van der Waals surface area contributed by atoms with Gasteiger partial charge in [-0.05, 0) is 43.9 Å². The molecular formula is C21H31N7O. The molecule has 1 amide bonds. The summed E-state index contributed by atoms with van der Waals surface area (Å²) < 4.78 is 0. The Morgan fingerprint density at radius 1 is 1.34 bits per heavy atom. The summed E-state index contributed by atoms with van der Waals surface area (Å²) in [5.41, 5.74) is 1.85. The van der Waals surface area contributed by atoms with Gasteiger partial charge in [-0.15, -0.1) is 0 Å². The number of guanidine groups is 1. The van der Waals surface area contributed by atoms with E-state index in [1.54, 1.807) is 25.3 Å². The van der Waals surface area contributed by atoms with Gasteiger partial charge in [-0.3, -0.25) is 14.9 Å². The molecule has 8 heteroatoms. The van der Waals surface area contributed by atoms with E-state index in [4.69, 9.17) is 4.99 Å². The number of nitrogens with zero attached hydrogens (tertiary/aromatic N) is 5. The molecule has 3 rings (SSSR count). The number of amides is 1. The van der Waals surface area contributed by atoms with Crippen molar-refractivity contribution in [3.63, 3.8) is 0 Å². The molecule has 0 spiro atoms. The van der Waals surface area contributed by atoms with Crippen molar-refractivity contribution in [1.82, 2.24) is 30.3 Å². The van der Waals surface area contributed by atoms with Crippen LogP contribution in [0.4, 0.5) is 0 Å². The molecule has 2 N–H and O–H groups in total. The number of hydrogen-bond acceptors (Lipinski definition) is 4. The van der Waals surface area contributed by atoms with Crippen molar-refractivity contribution < 1.29 is 4.79 Å². The maximum absolute atomic E-state index is 12.2. The van der Waals surface area contributed by atoms with Crippen molar-refractivity contribution in [2.45, 2.75) is 32.1 Å². The molecule has 0 radical (unpaired) electrons. The van der Waals surface area contributed by atoms with Crippen LogP contribution in [0.2, 0.25) is 0 Å². The zero-order chi connectivity index (χ0) is 20.6. The van der Waals surface area contributed by atoms with Gasteiger partial charge in [-0.1, -0.05) is 12.1 Å². The van der Waals surface area contributed by atoms with Gasteiger partial charge in [0.15, 0.2) is 5.96 Å². The first-order valence-corrected chi connectivity index (χ1v) is 10.3. The van der Waals surface area contributed by atoms with Gasteiger partial charge in [0, 0.05) is 51.8 Å². The number of nitrogens with one attached hydrogen (secondary N) is 2. The zero-order valence-corrected chi connectivity index (χ0v) is 17.6. The van der Waals surface area contributed by atoms with Crippen molar-refractivity contribution >= 4 is 11.9 Å². The third-order valence-electron chi connectivity index (χ3n) is 5.19. The summed E-state index contributed by atoms with van der Waals surface area (Å²) in [5.74, 6) is 2.41. The fourth-order valence-corrected chi connectivity index (χ4v) is 3.61. The average molecular weight is 398 g/mol. The molecule has 1 aliphatic heterocycles. The normalized spacial score (nSPS) is 15.4. The second-order valence-corrected chi connectivity index (χ2v) is 7.52. The van der Waals surface area contributed by atoms with Crippen LogP contribution in [0.3, 0.4) is 0 Å². The molecular weight excluding hydrogens is 366 g/mol. The highest BCUT2D eigenvalue weighted by molar-refractivity contribution is 5.94. The number of piperidine rings is 1. The first kappa shape index (κ1) is 20.8. The Morgan fingerprint density at radius 3 is 2.79 bits per heavy atom. The van der Waals surface area contributed by atoms with Gasteiger partial charge in [0.1, 0.15) is 12.2 Å². The number of H-pyrrole nitrogens is 1. The smallest absolute Gasteiger partial charge is 0.253 e. The van der Waals surface area contributed by atoms with Gasteiger partial charge in [-0.25, -0.2) is 4.98 Å². The second-order valence-electron chi connectivity index (χ2n) is 7.52. The molecule has 2 heterocycles. The lowest BCUT2D eigenvalue weighted by atomic mass is 9.96. The first-order valence-electron chi connectivity index (χ1n) is 10.3. The highest BCUT2D eigenvalue weighted by atomic mass is 16.2. The van der Waals surface area contributed by atoms with E-state index < -0.39 is 0 Å². The molecule has 1 aromatic heterocycles. The van der Waals surface area contributed by atoms with Gasteiger partial charge >= 0.3 is 0 Å². The minimum absolute atomic E-state index is 0.0262. The van der Waals surface area contributed by atoms with Crippen LogP contribution in [-0.2, 0) is 6.42 Å². The summed E-state index contributed by atoms with van der Waals surface area (Å²) in [4.78, 5) is 25.2. The second kappa shape index (κ2) is 10.0. The van der Waals surface area contributed by atoms with Crippen molar-refractivity contribution in [2.75, 3.05) is 40.3 Å². The minimum Gasteiger partial charge on any atom is -0.357 e. The number of benzene rings is 1.